The van der Waals surface area contributed by atoms with Crippen molar-refractivity contribution >= 4 is 5.69 Å². The number of nitrogens with zero attached hydrogens (tertiary/aromatic N) is 2. The molecule has 0 amide bonds. The number of hydrogen-bond donors (Lipinski definition) is 1. The average molecular weight is 281 g/mol. The van der Waals surface area contributed by atoms with Crippen LogP contribution in [0.15, 0.2) is 28.8 Å². The summed E-state index contributed by atoms with van der Waals surface area (Å²) in [5.74, 6) is 1.03. The van der Waals surface area contributed by atoms with Crippen LogP contribution in [0.1, 0.15) is 22.8 Å². The SMILES string of the molecule is Cc1cnc(CNc2ccc(C(F)(F)F)cc2C#N)o1. The highest BCUT2D eigenvalue weighted by atomic mass is 19.4. The second kappa shape index (κ2) is 5.25. The lowest BCUT2D eigenvalue weighted by atomic mass is 10.1. The van der Waals surface area contributed by atoms with Crippen LogP contribution in [0.5, 0.6) is 0 Å². The van der Waals surface area contributed by atoms with Crippen LogP contribution >= 0.6 is 0 Å². The maximum Gasteiger partial charge on any atom is 0.416 e. The number of hydrogen-bond acceptors (Lipinski definition) is 4. The Labute approximate surface area is 112 Å². The van der Waals surface area contributed by atoms with Crippen LogP contribution in [0.3, 0.4) is 0 Å². The third-order valence-electron chi connectivity index (χ3n) is 2.57. The molecule has 0 aliphatic carbocycles. The zero-order valence-corrected chi connectivity index (χ0v) is 10.5. The molecule has 0 aliphatic heterocycles. The molecule has 0 unspecified atom stereocenters. The van der Waals surface area contributed by atoms with Gasteiger partial charge in [0, 0.05) is 0 Å². The number of aryl methyl sites for hydroxylation is 1. The first-order chi connectivity index (χ1) is 9.40. The standard InChI is InChI=1S/C13H10F3N3O/c1-8-6-19-12(20-8)7-18-11-3-2-10(13(14,15)16)4-9(11)5-17/h2-4,6,18H,7H2,1H3. The Morgan fingerprint density at radius 2 is 2.15 bits per heavy atom. The molecule has 0 radical (unpaired) electrons. The van der Waals surface area contributed by atoms with Gasteiger partial charge in [-0.1, -0.05) is 0 Å². The Morgan fingerprint density at radius 1 is 1.40 bits per heavy atom. The number of halogens is 3. The minimum atomic E-state index is -4.47. The van der Waals surface area contributed by atoms with Crippen molar-refractivity contribution in [1.29, 1.82) is 5.26 Å². The number of oxazole rings is 1. The van der Waals surface area contributed by atoms with Gasteiger partial charge in [-0.15, -0.1) is 0 Å². The van der Waals surface area contributed by atoms with Crippen molar-refractivity contribution in [2.45, 2.75) is 19.6 Å². The molecule has 0 fully saturated rings. The summed E-state index contributed by atoms with van der Waals surface area (Å²) in [4.78, 5) is 3.95. The number of rotatable bonds is 3. The number of nitrogens with one attached hydrogen (secondary N) is 1. The number of alkyl halides is 3. The van der Waals surface area contributed by atoms with Crippen LogP contribution in [0.4, 0.5) is 18.9 Å². The van der Waals surface area contributed by atoms with Crippen LogP contribution < -0.4 is 5.32 Å². The molecular weight excluding hydrogens is 271 g/mol. The molecule has 0 saturated carbocycles. The first-order valence-electron chi connectivity index (χ1n) is 5.66. The molecular formula is C13H10F3N3O. The average Bonchev–Trinajstić information content (AvgIpc) is 2.81. The Morgan fingerprint density at radius 3 is 2.70 bits per heavy atom. The summed E-state index contributed by atoms with van der Waals surface area (Å²) in [5.41, 5.74) is -0.633. The second-order valence-corrected chi connectivity index (χ2v) is 4.09. The lowest BCUT2D eigenvalue weighted by molar-refractivity contribution is -0.137. The summed E-state index contributed by atoms with van der Waals surface area (Å²) in [6.07, 6.45) is -2.93. The molecule has 0 spiro atoms. The molecule has 2 rings (SSSR count). The van der Waals surface area contributed by atoms with Gasteiger partial charge in [0.1, 0.15) is 11.8 Å². The van der Waals surface area contributed by atoms with Crippen molar-refractivity contribution in [3.05, 3.63) is 47.2 Å². The predicted octanol–water partition coefficient (Wildman–Crippen LogP) is 3.49. The highest BCUT2D eigenvalue weighted by Crippen LogP contribution is 2.31. The van der Waals surface area contributed by atoms with Gasteiger partial charge in [-0.25, -0.2) is 4.98 Å². The zero-order chi connectivity index (χ0) is 14.8. The third kappa shape index (κ3) is 3.09. The van der Waals surface area contributed by atoms with E-state index in [0.717, 1.165) is 12.1 Å². The van der Waals surface area contributed by atoms with Crippen molar-refractivity contribution in [3.63, 3.8) is 0 Å². The molecule has 1 aromatic heterocycles. The van der Waals surface area contributed by atoms with E-state index >= 15 is 0 Å². The molecule has 20 heavy (non-hydrogen) atoms. The van der Waals surface area contributed by atoms with E-state index in [-0.39, 0.29) is 12.1 Å². The smallest absolute Gasteiger partial charge is 0.416 e. The van der Waals surface area contributed by atoms with Gasteiger partial charge >= 0.3 is 6.18 Å². The van der Waals surface area contributed by atoms with Gasteiger partial charge in [-0.05, 0) is 25.1 Å². The van der Waals surface area contributed by atoms with Crippen LogP contribution in [0.2, 0.25) is 0 Å². The van der Waals surface area contributed by atoms with Gasteiger partial charge in [0.15, 0.2) is 0 Å². The Bertz CT molecular complexity index is 656. The molecule has 0 aliphatic rings. The van der Waals surface area contributed by atoms with Crippen molar-refractivity contribution in [3.8, 4) is 6.07 Å². The summed E-state index contributed by atoms with van der Waals surface area (Å²) < 4.78 is 42.8. The topological polar surface area (TPSA) is 61.9 Å². The van der Waals surface area contributed by atoms with Crippen LogP contribution in [0.25, 0.3) is 0 Å². The predicted molar refractivity (Wildman–Crippen MR) is 64.7 cm³/mol. The van der Waals surface area contributed by atoms with Gasteiger partial charge in [0.2, 0.25) is 5.89 Å². The van der Waals surface area contributed by atoms with E-state index in [1.165, 1.54) is 12.3 Å². The molecule has 0 atom stereocenters. The number of benzene rings is 1. The summed E-state index contributed by atoms with van der Waals surface area (Å²) >= 11 is 0. The second-order valence-electron chi connectivity index (χ2n) is 4.09. The molecule has 0 bridgehead atoms. The lowest BCUT2D eigenvalue weighted by Gasteiger charge is -2.10. The Kier molecular flexibility index (Phi) is 3.66. The van der Waals surface area contributed by atoms with E-state index in [0.29, 0.717) is 17.3 Å². The summed E-state index contributed by atoms with van der Waals surface area (Å²) in [6.45, 7) is 1.92. The van der Waals surface area contributed by atoms with E-state index < -0.39 is 11.7 Å². The van der Waals surface area contributed by atoms with E-state index in [9.17, 15) is 13.2 Å². The monoisotopic (exact) mass is 281 g/mol. The van der Waals surface area contributed by atoms with Crippen molar-refractivity contribution in [1.82, 2.24) is 4.98 Å². The number of anilines is 1. The molecule has 1 heterocycles. The van der Waals surface area contributed by atoms with Gasteiger partial charge in [-0.2, -0.15) is 18.4 Å². The highest BCUT2D eigenvalue weighted by Gasteiger charge is 2.31. The first-order valence-corrected chi connectivity index (χ1v) is 5.66. The maximum atomic E-state index is 12.5. The molecule has 0 saturated heterocycles. The van der Waals surface area contributed by atoms with Crippen LogP contribution in [-0.4, -0.2) is 4.98 Å². The highest BCUT2D eigenvalue weighted by molar-refractivity contribution is 5.58. The molecule has 104 valence electrons. The Hall–Kier alpha value is -2.49. The van der Waals surface area contributed by atoms with Crippen LogP contribution in [-0.2, 0) is 12.7 Å². The minimum absolute atomic E-state index is 0.0805. The first kappa shape index (κ1) is 13.9. The van der Waals surface area contributed by atoms with Gasteiger partial charge < -0.3 is 9.73 Å². The van der Waals surface area contributed by atoms with Crippen LogP contribution in [0, 0.1) is 18.3 Å². The third-order valence-corrected chi connectivity index (χ3v) is 2.57. The van der Waals surface area contributed by atoms with Crippen molar-refractivity contribution in [2.75, 3.05) is 5.32 Å². The van der Waals surface area contributed by atoms with E-state index in [1.807, 2.05) is 0 Å². The van der Waals surface area contributed by atoms with Gasteiger partial charge in [-0.3, -0.25) is 0 Å². The number of aromatic nitrogens is 1. The van der Waals surface area contributed by atoms with E-state index in [1.54, 1.807) is 13.0 Å². The Balaban J connectivity index is 2.18. The summed E-state index contributed by atoms with van der Waals surface area (Å²) in [7, 11) is 0. The lowest BCUT2D eigenvalue weighted by Crippen LogP contribution is -2.07. The molecule has 7 heteroatoms. The zero-order valence-electron chi connectivity index (χ0n) is 10.5. The fourth-order valence-electron chi connectivity index (χ4n) is 1.62. The minimum Gasteiger partial charge on any atom is -0.444 e. The van der Waals surface area contributed by atoms with E-state index in [4.69, 9.17) is 9.68 Å². The maximum absolute atomic E-state index is 12.5. The fourth-order valence-corrected chi connectivity index (χ4v) is 1.62. The molecule has 1 aromatic carbocycles. The van der Waals surface area contributed by atoms with Gasteiger partial charge in [0.05, 0.1) is 29.6 Å². The largest absolute Gasteiger partial charge is 0.444 e. The van der Waals surface area contributed by atoms with Gasteiger partial charge in [0.25, 0.3) is 0 Å². The molecule has 4 nitrogen and oxygen atoms in total. The quantitative estimate of drug-likeness (QED) is 0.935. The fraction of sp³-hybridized carbons (Fsp3) is 0.231. The molecule has 1 N–H and O–H groups in total. The normalized spacial score (nSPS) is 11.2. The van der Waals surface area contributed by atoms with Crippen molar-refractivity contribution in [2.24, 2.45) is 0 Å². The molecule has 2 aromatic rings. The number of nitriles is 1. The van der Waals surface area contributed by atoms with Crippen molar-refractivity contribution < 1.29 is 17.6 Å². The summed E-state index contributed by atoms with van der Waals surface area (Å²) in [6, 6.07) is 4.68. The van der Waals surface area contributed by atoms with E-state index in [2.05, 4.69) is 10.3 Å². The summed E-state index contributed by atoms with van der Waals surface area (Å²) in [5, 5.41) is 11.7.